The van der Waals surface area contributed by atoms with E-state index < -0.39 is 27.9 Å². The molecule has 8 nitrogen and oxygen atoms in total. The smallest absolute Gasteiger partial charge is 0.295 e. The zero-order chi connectivity index (χ0) is 18.0. The molecule has 1 aromatic heterocycles. The highest BCUT2D eigenvalue weighted by atomic mass is 19.1. The van der Waals surface area contributed by atoms with Crippen LogP contribution in [0, 0.1) is 15.9 Å². The number of halogens is 1. The van der Waals surface area contributed by atoms with Crippen LogP contribution in [0.1, 0.15) is 0 Å². The van der Waals surface area contributed by atoms with Crippen molar-refractivity contribution in [3.8, 4) is 0 Å². The van der Waals surface area contributed by atoms with Crippen LogP contribution in [0.15, 0.2) is 53.5 Å². The number of nitro benzene ring substituents is 1. The van der Waals surface area contributed by atoms with Crippen LogP contribution in [-0.4, -0.2) is 20.4 Å². The van der Waals surface area contributed by atoms with Crippen molar-refractivity contribution < 1.29 is 14.1 Å². The van der Waals surface area contributed by atoms with Crippen molar-refractivity contribution in [1.82, 2.24) is 9.55 Å². The van der Waals surface area contributed by atoms with E-state index in [1.807, 2.05) is 0 Å². The molecule has 2 aromatic carbocycles. The SMILES string of the molecule is O=C(Cn1c(=O)cnc2ccccc21)Nc1ccc(F)cc1[N+](=O)[O-]. The number of fused-ring (bicyclic) bond motifs is 1. The highest BCUT2D eigenvalue weighted by Crippen LogP contribution is 2.25. The fraction of sp³-hybridized carbons (Fsp3) is 0.0625. The summed E-state index contributed by atoms with van der Waals surface area (Å²) in [5, 5.41) is 13.3. The molecule has 1 N–H and O–H groups in total. The Kier molecular flexibility index (Phi) is 4.21. The van der Waals surface area contributed by atoms with Gasteiger partial charge in [0.2, 0.25) is 5.91 Å². The fourth-order valence-corrected chi connectivity index (χ4v) is 2.37. The number of benzene rings is 2. The first-order valence-corrected chi connectivity index (χ1v) is 7.14. The third kappa shape index (κ3) is 3.34. The van der Waals surface area contributed by atoms with Crippen molar-refractivity contribution in [3.05, 3.63) is 74.9 Å². The molecule has 3 rings (SSSR count). The van der Waals surface area contributed by atoms with Crippen molar-refractivity contribution in [1.29, 1.82) is 0 Å². The summed E-state index contributed by atoms with van der Waals surface area (Å²) < 4.78 is 14.4. The number of amides is 1. The monoisotopic (exact) mass is 342 g/mol. The molecule has 25 heavy (non-hydrogen) atoms. The number of carbonyl (C=O) groups excluding carboxylic acids is 1. The van der Waals surface area contributed by atoms with Gasteiger partial charge in [-0.15, -0.1) is 0 Å². The highest BCUT2D eigenvalue weighted by molar-refractivity contribution is 5.93. The van der Waals surface area contributed by atoms with Crippen molar-refractivity contribution in [2.24, 2.45) is 0 Å². The van der Waals surface area contributed by atoms with E-state index in [1.165, 1.54) is 4.57 Å². The molecule has 0 aliphatic heterocycles. The summed E-state index contributed by atoms with van der Waals surface area (Å²) in [6.45, 7) is -0.365. The van der Waals surface area contributed by atoms with Crippen LogP contribution in [0.5, 0.6) is 0 Å². The number of para-hydroxylation sites is 2. The summed E-state index contributed by atoms with van der Waals surface area (Å²) in [5.41, 5.74) is -0.216. The van der Waals surface area contributed by atoms with Gasteiger partial charge in [-0.1, -0.05) is 12.1 Å². The molecule has 0 spiro atoms. The summed E-state index contributed by atoms with van der Waals surface area (Å²) >= 11 is 0. The predicted molar refractivity (Wildman–Crippen MR) is 87.7 cm³/mol. The van der Waals surface area contributed by atoms with E-state index in [9.17, 15) is 24.1 Å². The zero-order valence-corrected chi connectivity index (χ0v) is 12.7. The van der Waals surface area contributed by atoms with Gasteiger partial charge in [-0.2, -0.15) is 0 Å². The maximum atomic E-state index is 13.1. The lowest BCUT2D eigenvalue weighted by molar-refractivity contribution is -0.384. The molecule has 126 valence electrons. The second kappa shape index (κ2) is 6.48. The number of nitrogens with one attached hydrogen (secondary N) is 1. The minimum absolute atomic E-state index is 0.150. The summed E-state index contributed by atoms with van der Waals surface area (Å²) in [7, 11) is 0. The fourth-order valence-electron chi connectivity index (χ4n) is 2.37. The van der Waals surface area contributed by atoms with Gasteiger partial charge in [0.15, 0.2) is 0 Å². The Balaban J connectivity index is 1.91. The first-order chi connectivity index (χ1) is 12.0. The molecular weight excluding hydrogens is 331 g/mol. The molecule has 0 saturated heterocycles. The molecule has 3 aromatic rings. The molecule has 0 atom stereocenters. The first-order valence-electron chi connectivity index (χ1n) is 7.14. The number of nitro groups is 1. The van der Waals surface area contributed by atoms with E-state index in [0.29, 0.717) is 17.1 Å². The van der Waals surface area contributed by atoms with Gasteiger partial charge >= 0.3 is 0 Å². The predicted octanol–water partition coefficient (Wildman–Crippen LogP) is 2.08. The van der Waals surface area contributed by atoms with Crippen molar-refractivity contribution >= 4 is 28.3 Å². The Bertz CT molecular complexity index is 1050. The Labute approximate surface area is 139 Å². The van der Waals surface area contributed by atoms with Crippen LogP contribution in [0.3, 0.4) is 0 Å². The molecule has 0 aliphatic carbocycles. The standard InChI is InChI=1S/C16H11FN4O4/c17-10-5-6-12(14(7-10)21(24)25)19-15(22)9-20-13-4-2-1-3-11(13)18-8-16(20)23/h1-8H,9H2,(H,19,22). The topological polar surface area (TPSA) is 107 Å². The number of rotatable bonds is 4. The van der Waals surface area contributed by atoms with Crippen LogP contribution in [0.4, 0.5) is 15.8 Å². The summed E-state index contributed by atoms with van der Waals surface area (Å²) in [5.74, 6) is -1.45. The van der Waals surface area contributed by atoms with Crippen molar-refractivity contribution in [2.75, 3.05) is 5.32 Å². The summed E-state index contributed by atoms with van der Waals surface area (Å²) in [4.78, 5) is 38.4. The van der Waals surface area contributed by atoms with E-state index in [-0.39, 0.29) is 12.2 Å². The quantitative estimate of drug-likeness (QED) is 0.577. The number of nitrogens with zero attached hydrogens (tertiary/aromatic N) is 3. The number of hydrogen-bond donors (Lipinski definition) is 1. The van der Waals surface area contributed by atoms with Gasteiger partial charge in [-0.05, 0) is 24.3 Å². The van der Waals surface area contributed by atoms with Crippen molar-refractivity contribution in [3.63, 3.8) is 0 Å². The molecule has 0 unspecified atom stereocenters. The summed E-state index contributed by atoms with van der Waals surface area (Å²) in [6, 6.07) is 9.57. The second-order valence-corrected chi connectivity index (χ2v) is 5.14. The lowest BCUT2D eigenvalue weighted by atomic mass is 10.2. The van der Waals surface area contributed by atoms with E-state index in [4.69, 9.17) is 0 Å². The minimum Gasteiger partial charge on any atom is -0.319 e. The number of carbonyl (C=O) groups is 1. The maximum absolute atomic E-state index is 13.1. The Morgan fingerprint density at radius 1 is 1.28 bits per heavy atom. The number of anilines is 1. The molecule has 0 fully saturated rings. The highest BCUT2D eigenvalue weighted by Gasteiger charge is 2.17. The second-order valence-electron chi connectivity index (χ2n) is 5.14. The van der Waals surface area contributed by atoms with E-state index in [2.05, 4.69) is 10.3 Å². The van der Waals surface area contributed by atoms with Gasteiger partial charge in [-0.3, -0.25) is 24.3 Å². The third-order valence-corrected chi connectivity index (χ3v) is 3.48. The van der Waals surface area contributed by atoms with Gasteiger partial charge in [0, 0.05) is 0 Å². The Morgan fingerprint density at radius 2 is 2.04 bits per heavy atom. The number of aromatic nitrogens is 2. The van der Waals surface area contributed by atoms with Crippen LogP contribution < -0.4 is 10.9 Å². The van der Waals surface area contributed by atoms with Crippen LogP contribution >= 0.6 is 0 Å². The Morgan fingerprint density at radius 3 is 2.80 bits per heavy atom. The molecule has 1 heterocycles. The van der Waals surface area contributed by atoms with E-state index >= 15 is 0 Å². The molecule has 0 bridgehead atoms. The van der Waals surface area contributed by atoms with Gasteiger partial charge in [0.05, 0.1) is 28.2 Å². The summed E-state index contributed by atoms with van der Waals surface area (Å²) in [6.07, 6.45) is 1.09. The van der Waals surface area contributed by atoms with Gasteiger partial charge in [0.25, 0.3) is 11.2 Å². The van der Waals surface area contributed by atoms with Crippen molar-refractivity contribution in [2.45, 2.75) is 6.54 Å². The molecule has 9 heteroatoms. The van der Waals surface area contributed by atoms with Crippen LogP contribution in [-0.2, 0) is 11.3 Å². The third-order valence-electron chi connectivity index (χ3n) is 3.48. The van der Waals surface area contributed by atoms with Gasteiger partial charge in [-0.25, -0.2) is 9.37 Å². The molecular formula is C16H11FN4O4. The number of hydrogen-bond acceptors (Lipinski definition) is 5. The zero-order valence-electron chi connectivity index (χ0n) is 12.7. The normalized spacial score (nSPS) is 10.6. The maximum Gasteiger partial charge on any atom is 0.295 e. The molecule has 1 amide bonds. The average Bonchev–Trinajstić information content (AvgIpc) is 2.59. The largest absolute Gasteiger partial charge is 0.319 e. The van der Waals surface area contributed by atoms with E-state index in [1.54, 1.807) is 24.3 Å². The minimum atomic E-state index is -0.799. The molecule has 0 aliphatic rings. The first kappa shape index (κ1) is 16.2. The lowest BCUT2D eigenvalue weighted by Gasteiger charge is -2.10. The Hall–Kier alpha value is -3.62. The molecule has 0 saturated carbocycles. The van der Waals surface area contributed by atoms with Gasteiger partial charge in [0.1, 0.15) is 18.0 Å². The average molecular weight is 342 g/mol. The van der Waals surface area contributed by atoms with E-state index in [0.717, 1.165) is 18.3 Å². The van der Waals surface area contributed by atoms with Crippen LogP contribution in [0.2, 0.25) is 0 Å². The lowest BCUT2D eigenvalue weighted by Crippen LogP contribution is -2.28. The van der Waals surface area contributed by atoms with Crippen LogP contribution in [0.25, 0.3) is 11.0 Å². The van der Waals surface area contributed by atoms with Gasteiger partial charge < -0.3 is 5.32 Å². The molecule has 0 radical (unpaired) electrons.